The van der Waals surface area contributed by atoms with Crippen LogP contribution < -0.4 is 10.4 Å². The third kappa shape index (κ3) is 6.49. The number of rotatable bonds is 6. The molecule has 4 aromatic rings. The van der Waals surface area contributed by atoms with Gasteiger partial charge in [-0.1, -0.05) is 155 Å². The topological polar surface area (TPSA) is 0 Å². The predicted molar refractivity (Wildman–Crippen MR) is 205 cm³/mol. The van der Waals surface area contributed by atoms with Crippen molar-refractivity contribution in [3.63, 3.8) is 0 Å². The molecule has 0 atom stereocenters. The van der Waals surface area contributed by atoms with Gasteiger partial charge in [-0.3, -0.25) is 0 Å². The van der Waals surface area contributed by atoms with Crippen molar-refractivity contribution in [2.24, 2.45) is 0 Å². The quantitative estimate of drug-likeness (QED) is 0.178. The molecule has 0 heteroatoms. The second-order valence-corrected chi connectivity index (χ2v) is 16.8. The van der Waals surface area contributed by atoms with Gasteiger partial charge in [0, 0.05) is 0 Å². The Hall–Kier alpha value is -3.90. The molecule has 0 aromatic heterocycles. The van der Waals surface area contributed by atoms with Gasteiger partial charge < -0.3 is 0 Å². The number of fused-ring (bicyclic) bond motifs is 3. The minimum atomic E-state index is -0.103. The summed E-state index contributed by atoms with van der Waals surface area (Å²) >= 11 is 0. The van der Waals surface area contributed by atoms with E-state index >= 15 is 0 Å². The fourth-order valence-corrected chi connectivity index (χ4v) is 7.27. The molecule has 0 saturated carbocycles. The lowest BCUT2D eigenvalue weighted by atomic mass is 9.76. The van der Waals surface area contributed by atoms with Crippen molar-refractivity contribution in [1.29, 1.82) is 0 Å². The number of aryl methyl sites for hydroxylation is 1. The molecule has 4 aromatic carbocycles. The van der Waals surface area contributed by atoms with Crippen LogP contribution in [0.3, 0.4) is 0 Å². The lowest BCUT2D eigenvalue weighted by Gasteiger charge is -2.28. The van der Waals surface area contributed by atoms with Gasteiger partial charge in [-0.15, -0.1) is 0 Å². The van der Waals surface area contributed by atoms with Crippen LogP contribution in [0.25, 0.3) is 28.3 Å². The Kier molecular flexibility index (Phi) is 8.63. The van der Waals surface area contributed by atoms with Crippen LogP contribution in [-0.4, -0.2) is 0 Å². The standard InChI is InChI=1S/C47H53/c1-11-12-15-31-18-20-33(21-19-31)42(34-22-24-36(25-23-34)45(2,3)4)41-30-39-38-27-26-37(46(5,6)7)28-35(38)29-40(39)43(32-16-13-14-17-32)44(41)47(8,9)10/h13-14,16,18-28,30H,11-12,15,17H2,1-10H3. The van der Waals surface area contributed by atoms with Crippen molar-refractivity contribution in [2.75, 3.05) is 0 Å². The van der Waals surface area contributed by atoms with E-state index in [-0.39, 0.29) is 16.2 Å². The van der Waals surface area contributed by atoms with Gasteiger partial charge in [-0.25, -0.2) is 0 Å². The minimum absolute atomic E-state index is 0.0808. The first-order valence-corrected chi connectivity index (χ1v) is 17.7. The van der Waals surface area contributed by atoms with Crippen LogP contribution in [0.5, 0.6) is 0 Å². The Balaban J connectivity index is 1.75. The van der Waals surface area contributed by atoms with Crippen LogP contribution in [0.2, 0.25) is 0 Å². The van der Waals surface area contributed by atoms with Gasteiger partial charge in [0.2, 0.25) is 0 Å². The molecule has 0 amide bonds. The van der Waals surface area contributed by atoms with Gasteiger partial charge in [0.15, 0.2) is 0 Å². The number of hydrogen-bond acceptors (Lipinski definition) is 0. The van der Waals surface area contributed by atoms with Crippen molar-refractivity contribution in [2.45, 2.75) is 111 Å². The zero-order chi connectivity index (χ0) is 33.7. The maximum atomic E-state index is 3.97. The van der Waals surface area contributed by atoms with Gasteiger partial charge >= 0.3 is 0 Å². The summed E-state index contributed by atoms with van der Waals surface area (Å²) < 4.78 is 0. The van der Waals surface area contributed by atoms with Crippen LogP contribution in [0.4, 0.5) is 0 Å². The smallest absolute Gasteiger partial charge is 0.000731 e. The highest BCUT2D eigenvalue weighted by Crippen LogP contribution is 2.38. The van der Waals surface area contributed by atoms with Crippen LogP contribution in [0, 0.1) is 0 Å². The highest BCUT2D eigenvalue weighted by Gasteiger charge is 2.29. The molecule has 0 saturated heterocycles. The summed E-state index contributed by atoms with van der Waals surface area (Å²) in [5.41, 5.74) is 16.0. The monoisotopic (exact) mass is 617 g/mol. The number of unbranched alkanes of at least 4 members (excludes halogenated alkanes) is 1. The van der Waals surface area contributed by atoms with Gasteiger partial charge in [-0.05, 0) is 131 Å². The van der Waals surface area contributed by atoms with E-state index in [0.29, 0.717) is 0 Å². The molecule has 0 heterocycles. The second kappa shape index (κ2) is 12.3. The SMILES string of the molecule is CCCCc1ccc(C(c2ccc(C(C)(C)C)cc2)=c2cc3c(c(C4=CC=CC4)c2C(C)(C)C)=[C]c2cc(C(C)(C)C)ccc2-3)cc1. The molecule has 0 fully saturated rings. The third-order valence-corrected chi connectivity index (χ3v) is 9.98. The van der Waals surface area contributed by atoms with Crippen molar-refractivity contribution in [3.8, 4) is 11.1 Å². The molecule has 0 bridgehead atoms. The van der Waals surface area contributed by atoms with Gasteiger partial charge in [0.05, 0.1) is 0 Å². The number of hydrogen-bond donors (Lipinski definition) is 0. The molecule has 47 heavy (non-hydrogen) atoms. The summed E-state index contributed by atoms with van der Waals surface area (Å²) in [4.78, 5) is 0. The molecule has 6 rings (SSSR count). The fraction of sp³-hybridized carbons (Fsp3) is 0.362. The molecule has 0 nitrogen and oxygen atoms in total. The molecule has 0 N–H and O–H groups in total. The van der Waals surface area contributed by atoms with E-state index in [0.717, 1.165) is 12.8 Å². The minimum Gasteiger partial charge on any atom is -0.0801 e. The summed E-state index contributed by atoms with van der Waals surface area (Å²) in [6.45, 7) is 23.2. The maximum absolute atomic E-state index is 3.97. The zero-order valence-corrected chi connectivity index (χ0v) is 30.5. The summed E-state index contributed by atoms with van der Waals surface area (Å²) in [6.07, 6.45) is 15.3. The van der Waals surface area contributed by atoms with Crippen molar-refractivity contribution >= 4 is 17.2 Å². The van der Waals surface area contributed by atoms with Crippen molar-refractivity contribution in [3.05, 3.63) is 146 Å². The van der Waals surface area contributed by atoms with Crippen LogP contribution in [0.15, 0.2) is 91.0 Å². The summed E-state index contributed by atoms with van der Waals surface area (Å²) in [5.74, 6) is 0. The summed E-state index contributed by atoms with van der Waals surface area (Å²) in [7, 11) is 0. The Labute approximate surface area is 284 Å². The highest BCUT2D eigenvalue weighted by atomic mass is 14.3. The fourth-order valence-electron chi connectivity index (χ4n) is 7.27. The zero-order valence-electron chi connectivity index (χ0n) is 30.5. The Bertz CT molecular complexity index is 1990. The molecule has 2 aliphatic rings. The molecule has 0 aliphatic heterocycles. The average molecular weight is 618 g/mol. The lowest BCUT2D eigenvalue weighted by Crippen LogP contribution is -2.32. The van der Waals surface area contributed by atoms with Gasteiger partial charge in [0.1, 0.15) is 0 Å². The van der Waals surface area contributed by atoms with Gasteiger partial charge in [-0.2, -0.15) is 0 Å². The molecular formula is C47H53. The van der Waals surface area contributed by atoms with Crippen molar-refractivity contribution < 1.29 is 0 Å². The van der Waals surface area contributed by atoms with E-state index in [1.165, 1.54) is 90.1 Å². The van der Waals surface area contributed by atoms with E-state index in [1.54, 1.807) is 0 Å². The highest BCUT2D eigenvalue weighted by molar-refractivity contribution is 5.91. The third-order valence-electron chi connectivity index (χ3n) is 9.98. The van der Waals surface area contributed by atoms with E-state index in [2.05, 4.69) is 166 Å². The van der Waals surface area contributed by atoms with Crippen molar-refractivity contribution in [1.82, 2.24) is 0 Å². The second-order valence-electron chi connectivity index (χ2n) is 16.8. The van der Waals surface area contributed by atoms with E-state index < -0.39 is 0 Å². The van der Waals surface area contributed by atoms with E-state index in [9.17, 15) is 0 Å². The number of benzene rings is 4. The first-order valence-electron chi connectivity index (χ1n) is 17.7. The number of allylic oxidation sites excluding steroid dienone is 4. The average Bonchev–Trinajstić information content (AvgIpc) is 3.67. The largest absolute Gasteiger partial charge is 0.0801 e. The molecule has 1 radical (unpaired) electrons. The first kappa shape index (κ1) is 33.0. The van der Waals surface area contributed by atoms with Crippen LogP contribution in [-0.2, 0) is 22.7 Å². The Morgan fingerprint density at radius 2 is 1.30 bits per heavy atom. The van der Waals surface area contributed by atoms with E-state index in [4.69, 9.17) is 0 Å². The van der Waals surface area contributed by atoms with E-state index in [1.807, 2.05) is 0 Å². The van der Waals surface area contributed by atoms with Crippen LogP contribution >= 0.6 is 0 Å². The predicted octanol–water partition coefficient (Wildman–Crippen LogP) is 11.2. The Morgan fingerprint density at radius 1 is 0.681 bits per heavy atom. The normalized spacial score (nSPS) is 14.9. The van der Waals surface area contributed by atoms with Crippen LogP contribution in [0.1, 0.15) is 133 Å². The Morgan fingerprint density at radius 3 is 1.85 bits per heavy atom. The molecule has 0 spiro atoms. The molecule has 0 unspecified atom stereocenters. The summed E-state index contributed by atoms with van der Waals surface area (Å²) in [6, 6.07) is 28.4. The molecule has 241 valence electrons. The molecule has 2 aliphatic carbocycles. The first-order chi connectivity index (χ1) is 22.2. The maximum Gasteiger partial charge on any atom is -0.000731 e. The van der Waals surface area contributed by atoms with Gasteiger partial charge in [0.25, 0.3) is 0 Å². The summed E-state index contributed by atoms with van der Waals surface area (Å²) in [5, 5.41) is 2.59. The lowest BCUT2D eigenvalue weighted by molar-refractivity contribution is 0.583. The molecular weight excluding hydrogens is 565 g/mol.